The van der Waals surface area contributed by atoms with E-state index < -0.39 is 0 Å². The van der Waals surface area contributed by atoms with E-state index in [1.165, 1.54) is 11.1 Å². The van der Waals surface area contributed by atoms with Crippen LogP contribution in [0.3, 0.4) is 0 Å². The Morgan fingerprint density at radius 1 is 0.773 bits per heavy atom. The molecular formula is C21H25Na. The van der Waals surface area contributed by atoms with Gasteiger partial charge in [0.15, 0.2) is 0 Å². The molecule has 0 saturated carbocycles. The minimum Gasteiger partial charge on any atom is -1.00 e. The van der Waals surface area contributed by atoms with E-state index in [2.05, 4.69) is 26.3 Å². The van der Waals surface area contributed by atoms with Crippen LogP contribution in [-0.4, -0.2) is 0 Å². The Kier molecular flexibility index (Phi) is 16.3. The van der Waals surface area contributed by atoms with Gasteiger partial charge in [-0.3, -0.25) is 0 Å². The van der Waals surface area contributed by atoms with Crippen LogP contribution in [0.25, 0.3) is 12.2 Å². The van der Waals surface area contributed by atoms with Crippen molar-refractivity contribution in [3.05, 3.63) is 110 Å². The van der Waals surface area contributed by atoms with Crippen LogP contribution in [0.5, 0.6) is 0 Å². The molecule has 0 radical (unpaired) electrons. The van der Waals surface area contributed by atoms with Crippen LogP contribution in [0.2, 0.25) is 0 Å². The summed E-state index contributed by atoms with van der Waals surface area (Å²) in [6.45, 7) is 16.2. The van der Waals surface area contributed by atoms with Crippen molar-refractivity contribution >= 4 is 12.2 Å². The molecule has 0 N–H and O–H groups in total. The molecule has 0 aliphatic heterocycles. The second-order valence-corrected chi connectivity index (χ2v) is 4.28. The maximum absolute atomic E-state index is 3.63. The molecule has 2 aromatic carbocycles. The van der Waals surface area contributed by atoms with E-state index in [1.807, 2.05) is 79.7 Å². The normalized spacial score (nSPS) is 7.68. The number of hydrogen-bond donors (Lipinski definition) is 0. The molecule has 110 valence electrons. The van der Waals surface area contributed by atoms with E-state index in [-0.39, 0.29) is 31.0 Å². The third kappa shape index (κ3) is 13.4. The minimum atomic E-state index is 0. The predicted molar refractivity (Wildman–Crippen MR) is 99.2 cm³/mol. The summed E-state index contributed by atoms with van der Waals surface area (Å²) >= 11 is 0. The van der Waals surface area contributed by atoms with Crippen LogP contribution in [0.1, 0.15) is 19.5 Å². The largest absolute Gasteiger partial charge is 1.00 e. The molecule has 0 spiro atoms. The summed E-state index contributed by atoms with van der Waals surface area (Å²) in [5, 5.41) is 0. The second-order valence-electron chi connectivity index (χ2n) is 4.28. The van der Waals surface area contributed by atoms with Gasteiger partial charge in [-0.2, -0.15) is 0 Å². The summed E-state index contributed by atoms with van der Waals surface area (Å²) < 4.78 is 0. The average Bonchev–Trinajstić information content (AvgIpc) is 2.57. The molecule has 0 amide bonds. The van der Waals surface area contributed by atoms with Crippen LogP contribution in [0.15, 0.2) is 98.6 Å². The van der Waals surface area contributed by atoms with Gasteiger partial charge >= 0.3 is 29.6 Å². The van der Waals surface area contributed by atoms with Crippen LogP contribution in [0, 0.1) is 0 Å². The Labute approximate surface area is 159 Å². The van der Waals surface area contributed by atoms with Crippen molar-refractivity contribution < 1.29 is 31.0 Å². The van der Waals surface area contributed by atoms with Gasteiger partial charge in [-0.25, -0.2) is 0 Å². The van der Waals surface area contributed by atoms with E-state index in [0.717, 1.165) is 5.57 Å². The average molecular weight is 300 g/mol. The van der Waals surface area contributed by atoms with E-state index in [9.17, 15) is 0 Å². The fourth-order valence-electron chi connectivity index (χ4n) is 1.18. The molecule has 0 saturated heterocycles. The van der Waals surface area contributed by atoms with Crippen molar-refractivity contribution in [2.75, 3.05) is 0 Å². The van der Waals surface area contributed by atoms with E-state index in [4.69, 9.17) is 0 Å². The van der Waals surface area contributed by atoms with Crippen LogP contribution in [0.4, 0.5) is 0 Å². The molecule has 0 nitrogen and oxygen atoms in total. The number of rotatable bonds is 3. The first-order chi connectivity index (χ1) is 10.1. The van der Waals surface area contributed by atoms with Crippen molar-refractivity contribution in [3.63, 3.8) is 0 Å². The zero-order chi connectivity index (χ0) is 15.9. The van der Waals surface area contributed by atoms with Crippen LogP contribution >= 0.6 is 0 Å². The van der Waals surface area contributed by atoms with Gasteiger partial charge in [-0.05, 0) is 18.1 Å². The molecule has 0 aromatic heterocycles. The number of allylic oxidation sites excluding steroid dienone is 2. The number of hydrogen-bond acceptors (Lipinski definition) is 0. The smallest absolute Gasteiger partial charge is 1.00 e. The Balaban J connectivity index is -0.000000258. The minimum absolute atomic E-state index is 0. The first-order valence-electron chi connectivity index (χ1n) is 6.77. The van der Waals surface area contributed by atoms with Crippen molar-refractivity contribution in [1.82, 2.24) is 0 Å². The first-order valence-corrected chi connectivity index (χ1v) is 6.77. The molecule has 0 heterocycles. The summed E-state index contributed by atoms with van der Waals surface area (Å²) in [4.78, 5) is 0. The third-order valence-electron chi connectivity index (χ3n) is 2.42. The number of benzene rings is 2. The van der Waals surface area contributed by atoms with E-state index in [1.54, 1.807) is 6.08 Å². The molecule has 1 heteroatoms. The maximum atomic E-state index is 3.63. The fourth-order valence-corrected chi connectivity index (χ4v) is 1.18. The maximum Gasteiger partial charge on any atom is 1.00 e. The molecule has 0 fully saturated rings. The molecule has 0 aliphatic rings. The summed E-state index contributed by atoms with van der Waals surface area (Å²) in [5.74, 6) is 0. The van der Waals surface area contributed by atoms with E-state index >= 15 is 0 Å². The van der Waals surface area contributed by atoms with Gasteiger partial charge in [-0.1, -0.05) is 111 Å². The summed E-state index contributed by atoms with van der Waals surface area (Å²) in [7, 11) is 0. The van der Waals surface area contributed by atoms with Gasteiger partial charge in [0.25, 0.3) is 0 Å². The fraction of sp³-hybridized carbons (Fsp3) is 0.0476. The van der Waals surface area contributed by atoms with Crippen molar-refractivity contribution in [2.24, 2.45) is 0 Å². The van der Waals surface area contributed by atoms with Gasteiger partial charge in [0.1, 0.15) is 0 Å². The standard InChI is InChI=1S/2C8H8.C5H8.Na.H/c2*1-2-8-6-4-3-5-7-8;1-4-5(2)3;;/h2*2-7H,1H2;4H,1-2H2,3H3;;/q;;;+1;-1. The zero-order valence-electron chi connectivity index (χ0n) is 14.8. The Hall–Kier alpha value is -1.60. The Bertz CT molecular complexity index is 501. The van der Waals surface area contributed by atoms with E-state index in [0.29, 0.717) is 0 Å². The quantitative estimate of drug-likeness (QED) is 0.601. The van der Waals surface area contributed by atoms with Gasteiger partial charge < -0.3 is 1.43 Å². The summed E-state index contributed by atoms with van der Waals surface area (Å²) in [6, 6.07) is 20.1. The van der Waals surface area contributed by atoms with Crippen molar-refractivity contribution in [1.29, 1.82) is 0 Å². The summed E-state index contributed by atoms with van der Waals surface area (Å²) in [6.07, 6.45) is 5.39. The Morgan fingerprint density at radius 3 is 1.18 bits per heavy atom. The molecule has 0 bridgehead atoms. The molecular weight excluding hydrogens is 275 g/mol. The SMILES string of the molecule is C=CC(=C)C.C=Cc1ccccc1.C=Cc1ccccc1.[H-].[Na+]. The van der Waals surface area contributed by atoms with Gasteiger partial charge in [0, 0.05) is 0 Å². The van der Waals surface area contributed by atoms with Crippen LogP contribution < -0.4 is 29.6 Å². The summed E-state index contributed by atoms with van der Waals surface area (Å²) in [5.41, 5.74) is 3.37. The zero-order valence-corrected chi connectivity index (χ0v) is 15.8. The predicted octanol–water partition coefficient (Wildman–Crippen LogP) is 3.52. The molecule has 22 heavy (non-hydrogen) atoms. The topological polar surface area (TPSA) is 0 Å². The third-order valence-corrected chi connectivity index (χ3v) is 2.42. The molecule has 2 aromatic rings. The molecule has 0 unspecified atom stereocenters. The van der Waals surface area contributed by atoms with Crippen molar-refractivity contribution in [2.45, 2.75) is 6.92 Å². The van der Waals surface area contributed by atoms with Crippen molar-refractivity contribution in [3.8, 4) is 0 Å². The molecule has 2 rings (SSSR count). The second kappa shape index (κ2) is 15.8. The Morgan fingerprint density at radius 2 is 1.05 bits per heavy atom. The first kappa shape index (κ1) is 22.7. The van der Waals surface area contributed by atoms with Crippen LogP contribution in [-0.2, 0) is 0 Å². The van der Waals surface area contributed by atoms with Gasteiger partial charge in [0.05, 0.1) is 0 Å². The monoisotopic (exact) mass is 300 g/mol. The molecule has 0 atom stereocenters. The van der Waals surface area contributed by atoms with Gasteiger partial charge in [0.2, 0.25) is 0 Å². The molecule has 0 aliphatic carbocycles. The van der Waals surface area contributed by atoms with Gasteiger partial charge in [-0.15, -0.1) is 0 Å².